The Bertz CT molecular complexity index is 860. The number of benzene rings is 2. The fourth-order valence-corrected chi connectivity index (χ4v) is 4.94. The molecule has 0 amide bonds. The van der Waals surface area contributed by atoms with Crippen LogP contribution >= 0.6 is 11.6 Å². The van der Waals surface area contributed by atoms with Crippen LogP contribution in [-0.2, 0) is 0 Å². The molecule has 2 atom stereocenters. The molecule has 0 radical (unpaired) electrons. The van der Waals surface area contributed by atoms with Crippen LogP contribution in [0.1, 0.15) is 30.9 Å². The molecule has 2 aromatic rings. The maximum absolute atomic E-state index is 6.21. The molecule has 2 saturated heterocycles. The summed E-state index contributed by atoms with van der Waals surface area (Å²) in [6.07, 6.45) is 3.64. The van der Waals surface area contributed by atoms with Crippen molar-refractivity contribution < 1.29 is 14.2 Å². The van der Waals surface area contributed by atoms with E-state index in [0.29, 0.717) is 17.1 Å². The Morgan fingerprint density at radius 3 is 2.41 bits per heavy atom. The van der Waals surface area contributed by atoms with Gasteiger partial charge in [0.1, 0.15) is 5.75 Å². The summed E-state index contributed by atoms with van der Waals surface area (Å²) in [6, 6.07) is 13.4. The number of fused-ring (bicyclic) bond motifs is 1. The lowest BCUT2D eigenvalue weighted by Gasteiger charge is -2.49. The van der Waals surface area contributed by atoms with Crippen molar-refractivity contribution in [3.8, 4) is 17.2 Å². The number of piperidine rings is 1. The van der Waals surface area contributed by atoms with Crippen molar-refractivity contribution in [3.63, 3.8) is 0 Å². The van der Waals surface area contributed by atoms with Crippen LogP contribution in [0.3, 0.4) is 0 Å². The molecule has 0 aliphatic carbocycles. The third-order valence-corrected chi connectivity index (χ3v) is 6.55. The number of anilines is 1. The van der Waals surface area contributed by atoms with Gasteiger partial charge < -0.3 is 19.1 Å². The minimum atomic E-state index is 0.426. The topological polar surface area (TPSA) is 34.2 Å². The molecule has 5 nitrogen and oxygen atoms in total. The Labute approximate surface area is 178 Å². The maximum atomic E-state index is 6.21. The molecule has 2 fully saturated rings. The van der Waals surface area contributed by atoms with E-state index in [2.05, 4.69) is 28.0 Å². The van der Waals surface area contributed by atoms with Crippen LogP contribution in [0.25, 0.3) is 0 Å². The number of hydrogen-bond donors (Lipinski definition) is 0. The molecule has 2 heterocycles. The fraction of sp³-hybridized carbons (Fsp3) is 0.478. The van der Waals surface area contributed by atoms with Crippen molar-refractivity contribution in [2.75, 3.05) is 45.9 Å². The van der Waals surface area contributed by atoms with Crippen LogP contribution in [0.15, 0.2) is 36.4 Å². The van der Waals surface area contributed by atoms with E-state index in [0.717, 1.165) is 36.9 Å². The zero-order valence-corrected chi connectivity index (χ0v) is 18.1. The number of hydrogen-bond acceptors (Lipinski definition) is 5. The SMILES string of the molecule is COc1cc(N2CCN3C(CCC[C@@H]3c3ccc(OC)c(OC)c3)C2)ccc1Cl. The van der Waals surface area contributed by atoms with Crippen molar-refractivity contribution in [2.24, 2.45) is 0 Å². The Kier molecular flexibility index (Phi) is 6.07. The second-order valence-corrected chi connectivity index (χ2v) is 8.12. The molecule has 0 saturated carbocycles. The second-order valence-electron chi connectivity index (χ2n) is 7.72. The summed E-state index contributed by atoms with van der Waals surface area (Å²) in [4.78, 5) is 5.13. The fourth-order valence-electron chi connectivity index (χ4n) is 4.75. The summed E-state index contributed by atoms with van der Waals surface area (Å²) in [5, 5.41) is 0.654. The molecular weight excluding hydrogens is 388 g/mol. The highest BCUT2D eigenvalue weighted by atomic mass is 35.5. The average Bonchev–Trinajstić information content (AvgIpc) is 2.78. The van der Waals surface area contributed by atoms with Crippen molar-refractivity contribution >= 4 is 17.3 Å². The largest absolute Gasteiger partial charge is 0.495 e. The molecule has 2 aliphatic heterocycles. The Morgan fingerprint density at radius 2 is 1.66 bits per heavy atom. The van der Waals surface area contributed by atoms with E-state index in [4.69, 9.17) is 25.8 Å². The van der Waals surface area contributed by atoms with E-state index in [1.165, 1.54) is 30.5 Å². The van der Waals surface area contributed by atoms with Gasteiger partial charge in [-0.25, -0.2) is 0 Å². The first-order valence-electron chi connectivity index (χ1n) is 10.2. The summed E-state index contributed by atoms with van der Waals surface area (Å²) in [7, 11) is 5.04. The van der Waals surface area contributed by atoms with Crippen molar-refractivity contribution in [2.45, 2.75) is 31.3 Å². The van der Waals surface area contributed by atoms with Crippen LogP contribution in [0.2, 0.25) is 5.02 Å². The number of rotatable bonds is 5. The van der Waals surface area contributed by atoms with Gasteiger partial charge in [0.05, 0.1) is 26.4 Å². The molecule has 6 heteroatoms. The molecule has 0 bridgehead atoms. The molecule has 29 heavy (non-hydrogen) atoms. The number of piperazine rings is 1. The standard InChI is InChI=1S/C23H29ClN2O3/c1-27-21-10-7-16(13-23(21)29-3)20-6-4-5-18-15-25(11-12-26(18)20)17-8-9-19(24)22(14-17)28-2/h7-10,13-14,18,20H,4-6,11-12,15H2,1-3H3/t18?,20-/m1/s1. The van der Waals surface area contributed by atoms with E-state index >= 15 is 0 Å². The molecule has 4 rings (SSSR count). The summed E-state index contributed by atoms with van der Waals surface area (Å²) in [6.45, 7) is 3.05. The summed E-state index contributed by atoms with van der Waals surface area (Å²) in [5.41, 5.74) is 2.49. The van der Waals surface area contributed by atoms with E-state index in [-0.39, 0.29) is 0 Å². The molecule has 2 aliphatic rings. The second kappa shape index (κ2) is 8.72. The first kappa shape index (κ1) is 20.2. The van der Waals surface area contributed by atoms with E-state index in [9.17, 15) is 0 Å². The smallest absolute Gasteiger partial charge is 0.161 e. The predicted octanol–water partition coefficient (Wildman–Crippen LogP) is 4.78. The van der Waals surface area contributed by atoms with Crippen molar-refractivity contribution in [1.29, 1.82) is 0 Å². The number of methoxy groups -OCH3 is 3. The Balaban J connectivity index is 1.53. The van der Waals surface area contributed by atoms with E-state index < -0.39 is 0 Å². The van der Waals surface area contributed by atoms with Crippen LogP contribution in [0.5, 0.6) is 17.2 Å². The molecule has 0 spiro atoms. The van der Waals surface area contributed by atoms with Crippen LogP contribution in [-0.4, -0.2) is 51.9 Å². The van der Waals surface area contributed by atoms with Crippen LogP contribution < -0.4 is 19.1 Å². The quantitative estimate of drug-likeness (QED) is 0.700. The Morgan fingerprint density at radius 1 is 0.862 bits per heavy atom. The molecule has 0 aromatic heterocycles. The lowest BCUT2D eigenvalue weighted by atomic mass is 9.89. The maximum Gasteiger partial charge on any atom is 0.161 e. The van der Waals surface area contributed by atoms with Gasteiger partial charge in [0.25, 0.3) is 0 Å². The average molecular weight is 417 g/mol. The predicted molar refractivity (Wildman–Crippen MR) is 117 cm³/mol. The van der Waals surface area contributed by atoms with Crippen LogP contribution in [0, 0.1) is 0 Å². The zero-order chi connectivity index (χ0) is 20.4. The minimum Gasteiger partial charge on any atom is -0.495 e. The third kappa shape index (κ3) is 3.99. The third-order valence-electron chi connectivity index (χ3n) is 6.24. The molecular formula is C23H29ClN2O3. The Hall–Kier alpha value is -2.11. The summed E-state index contributed by atoms with van der Waals surface area (Å²) < 4.78 is 16.4. The van der Waals surface area contributed by atoms with Crippen molar-refractivity contribution in [1.82, 2.24) is 4.90 Å². The van der Waals surface area contributed by atoms with Gasteiger partial charge in [-0.15, -0.1) is 0 Å². The van der Waals surface area contributed by atoms with Gasteiger partial charge >= 0.3 is 0 Å². The number of halogens is 1. The van der Waals surface area contributed by atoms with E-state index in [1.54, 1.807) is 21.3 Å². The van der Waals surface area contributed by atoms with Gasteiger partial charge in [0, 0.05) is 43.5 Å². The zero-order valence-electron chi connectivity index (χ0n) is 17.4. The lowest BCUT2D eigenvalue weighted by molar-refractivity contribution is 0.0715. The van der Waals surface area contributed by atoms with Gasteiger partial charge in [0.2, 0.25) is 0 Å². The first-order chi connectivity index (χ1) is 14.1. The van der Waals surface area contributed by atoms with Crippen LogP contribution in [0.4, 0.5) is 5.69 Å². The highest BCUT2D eigenvalue weighted by Gasteiger charge is 2.36. The monoisotopic (exact) mass is 416 g/mol. The molecule has 156 valence electrons. The highest BCUT2D eigenvalue weighted by Crippen LogP contribution is 2.40. The highest BCUT2D eigenvalue weighted by molar-refractivity contribution is 6.32. The van der Waals surface area contributed by atoms with Crippen molar-refractivity contribution in [3.05, 3.63) is 47.0 Å². The minimum absolute atomic E-state index is 0.426. The van der Waals surface area contributed by atoms with Gasteiger partial charge in [-0.3, -0.25) is 4.90 Å². The van der Waals surface area contributed by atoms with Gasteiger partial charge in [-0.2, -0.15) is 0 Å². The molecule has 2 aromatic carbocycles. The number of ether oxygens (including phenoxy) is 3. The first-order valence-corrected chi connectivity index (χ1v) is 10.6. The molecule has 1 unspecified atom stereocenters. The van der Waals surface area contributed by atoms with Gasteiger partial charge in [-0.1, -0.05) is 17.7 Å². The lowest BCUT2D eigenvalue weighted by Crippen LogP contribution is -2.55. The summed E-state index contributed by atoms with van der Waals surface area (Å²) in [5.74, 6) is 2.32. The van der Waals surface area contributed by atoms with Gasteiger partial charge in [-0.05, 0) is 49.1 Å². The van der Waals surface area contributed by atoms with Gasteiger partial charge in [0.15, 0.2) is 11.5 Å². The summed E-state index contributed by atoms with van der Waals surface area (Å²) >= 11 is 6.21. The molecule has 0 N–H and O–H groups in total. The number of nitrogens with zero attached hydrogens (tertiary/aromatic N) is 2. The normalized spacial score (nSPS) is 22.1. The van der Waals surface area contributed by atoms with E-state index in [1.807, 2.05) is 18.2 Å².